The summed E-state index contributed by atoms with van der Waals surface area (Å²) in [7, 11) is 0. The summed E-state index contributed by atoms with van der Waals surface area (Å²) in [5, 5.41) is 6.56. The van der Waals surface area contributed by atoms with E-state index in [0.29, 0.717) is 12.1 Å². The molecule has 0 radical (unpaired) electrons. The molecule has 1 atom stereocenters. The molecule has 1 aromatic heterocycles. The van der Waals surface area contributed by atoms with E-state index in [-0.39, 0.29) is 0 Å². The van der Waals surface area contributed by atoms with Crippen LogP contribution in [0.15, 0.2) is 36.5 Å². The molecule has 2 N–H and O–H groups in total. The first kappa shape index (κ1) is 13.8. The first-order valence-corrected chi connectivity index (χ1v) is 7.32. The third-order valence-corrected chi connectivity index (χ3v) is 3.58. The molecule has 1 fully saturated rings. The summed E-state index contributed by atoms with van der Waals surface area (Å²) in [4.78, 5) is 8.74. The van der Waals surface area contributed by atoms with Crippen LogP contribution in [0.4, 0.5) is 17.5 Å². The highest BCUT2D eigenvalue weighted by molar-refractivity contribution is 5.58. The van der Waals surface area contributed by atoms with E-state index < -0.39 is 0 Å². The van der Waals surface area contributed by atoms with Crippen molar-refractivity contribution < 1.29 is 4.74 Å². The third kappa shape index (κ3) is 3.70. The summed E-state index contributed by atoms with van der Waals surface area (Å²) in [6, 6.07) is 9.96. The number of nitrogens with one attached hydrogen (secondary N) is 2. The predicted octanol–water partition coefficient (Wildman–Crippen LogP) is 3.12. The normalized spacial score (nSPS) is 17.7. The lowest BCUT2D eigenvalue weighted by molar-refractivity contribution is 0.120. The van der Waals surface area contributed by atoms with Crippen LogP contribution in [0, 0.1) is 6.92 Å². The van der Waals surface area contributed by atoms with Gasteiger partial charge >= 0.3 is 0 Å². The number of aryl methyl sites for hydroxylation is 1. The molecule has 1 aromatic carbocycles. The second-order valence-corrected chi connectivity index (χ2v) is 5.22. The molecule has 2 aromatic rings. The lowest BCUT2D eigenvalue weighted by atomic mass is 10.2. The highest BCUT2D eigenvalue weighted by Gasteiger charge is 2.15. The number of ether oxygens (including phenoxy) is 1. The van der Waals surface area contributed by atoms with Crippen LogP contribution in [0.1, 0.15) is 18.4 Å². The van der Waals surface area contributed by atoms with Crippen LogP contribution in [0.5, 0.6) is 0 Å². The molecule has 1 saturated heterocycles. The van der Waals surface area contributed by atoms with Crippen LogP contribution < -0.4 is 10.6 Å². The molecule has 0 bridgehead atoms. The van der Waals surface area contributed by atoms with E-state index in [1.165, 1.54) is 5.56 Å². The highest BCUT2D eigenvalue weighted by atomic mass is 16.5. The van der Waals surface area contributed by atoms with Crippen molar-refractivity contribution in [3.63, 3.8) is 0 Å². The summed E-state index contributed by atoms with van der Waals surface area (Å²) in [5.74, 6) is 1.42. The topological polar surface area (TPSA) is 59.1 Å². The lowest BCUT2D eigenvalue weighted by Gasteiger charge is -2.12. The molecule has 1 unspecified atom stereocenters. The molecule has 21 heavy (non-hydrogen) atoms. The van der Waals surface area contributed by atoms with Crippen LogP contribution >= 0.6 is 0 Å². The van der Waals surface area contributed by atoms with Crippen LogP contribution in [0.3, 0.4) is 0 Å². The molecule has 3 rings (SSSR count). The van der Waals surface area contributed by atoms with Crippen molar-refractivity contribution in [1.82, 2.24) is 9.97 Å². The molecule has 5 heteroatoms. The van der Waals surface area contributed by atoms with E-state index >= 15 is 0 Å². The van der Waals surface area contributed by atoms with E-state index in [1.54, 1.807) is 6.20 Å². The molecule has 2 heterocycles. The Morgan fingerprint density at radius 3 is 3.00 bits per heavy atom. The Balaban J connectivity index is 1.64. The van der Waals surface area contributed by atoms with Gasteiger partial charge in [-0.25, -0.2) is 4.98 Å². The standard InChI is InChI=1S/C16H20N4O/c1-12-5-2-3-7-14(12)19-16-17-9-8-15(20-16)18-11-13-6-4-10-21-13/h2-3,5,7-9,13H,4,6,10-11H2,1H3,(H2,17,18,19,20). The molecular weight excluding hydrogens is 264 g/mol. The maximum Gasteiger partial charge on any atom is 0.229 e. The zero-order valence-electron chi connectivity index (χ0n) is 12.2. The van der Waals surface area contributed by atoms with Crippen LogP contribution in [-0.4, -0.2) is 29.2 Å². The number of aromatic nitrogens is 2. The summed E-state index contributed by atoms with van der Waals surface area (Å²) in [5.41, 5.74) is 2.19. The average molecular weight is 284 g/mol. The van der Waals surface area contributed by atoms with Gasteiger partial charge in [-0.15, -0.1) is 0 Å². The summed E-state index contributed by atoms with van der Waals surface area (Å²) < 4.78 is 5.59. The Kier molecular flexibility index (Phi) is 4.31. The van der Waals surface area contributed by atoms with E-state index in [1.807, 2.05) is 24.3 Å². The minimum atomic E-state index is 0.299. The van der Waals surface area contributed by atoms with Gasteiger partial charge in [0.25, 0.3) is 0 Å². The summed E-state index contributed by atoms with van der Waals surface area (Å²) >= 11 is 0. The monoisotopic (exact) mass is 284 g/mol. The number of hydrogen-bond donors (Lipinski definition) is 2. The van der Waals surface area contributed by atoms with Crippen molar-refractivity contribution in [3.8, 4) is 0 Å². The van der Waals surface area contributed by atoms with Gasteiger partial charge < -0.3 is 15.4 Å². The van der Waals surface area contributed by atoms with Gasteiger partial charge in [-0.2, -0.15) is 4.98 Å². The Morgan fingerprint density at radius 2 is 2.19 bits per heavy atom. The average Bonchev–Trinajstić information content (AvgIpc) is 3.01. The molecule has 1 aliphatic heterocycles. The maximum absolute atomic E-state index is 5.59. The molecule has 5 nitrogen and oxygen atoms in total. The quantitative estimate of drug-likeness (QED) is 0.883. The number of nitrogens with zero attached hydrogens (tertiary/aromatic N) is 2. The van der Waals surface area contributed by atoms with Gasteiger partial charge in [0.1, 0.15) is 5.82 Å². The fraction of sp³-hybridized carbons (Fsp3) is 0.375. The van der Waals surface area contributed by atoms with Crippen LogP contribution in [-0.2, 0) is 4.74 Å². The van der Waals surface area contributed by atoms with Gasteiger partial charge in [-0.3, -0.25) is 0 Å². The molecular formula is C16H20N4O. The molecule has 0 amide bonds. The summed E-state index contributed by atoms with van der Waals surface area (Å²) in [6.07, 6.45) is 4.32. The third-order valence-electron chi connectivity index (χ3n) is 3.58. The van der Waals surface area contributed by atoms with E-state index in [0.717, 1.165) is 37.5 Å². The first-order valence-electron chi connectivity index (χ1n) is 7.32. The van der Waals surface area contributed by atoms with Crippen molar-refractivity contribution in [1.29, 1.82) is 0 Å². The van der Waals surface area contributed by atoms with Crippen molar-refractivity contribution in [3.05, 3.63) is 42.1 Å². The summed E-state index contributed by atoms with van der Waals surface area (Å²) in [6.45, 7) is 3.72. The molecule has 0 spiro atoms. The van der Waals surface area contributed by atoms with Crippen LogP contribution in [0.2, 0.25) is 0 Å². The smallest absolute Gasteiger partial charge is 0.229 e. The number of benzene rings is 1. The molecule has 1 aliphatic rings. The Morgan fingerprint density at radius 1 is 1.29 bits per heavy atom. The second-order valence-electron chi connectivity index (χ2n) is 5.22. The number of anilines is 3. The van der Waals surface area contributed by atoms with Gasteiger partial charge in [-0.1, -0.05) is 18.2 Å². The Labute approximate surface area is 124 Å². The minimum Gasteiger partial charge on any atom is -0.376 e. The van der Waals surface area contributed by atoms with E-state index in [2.05, 4.69) is 33.6 Å². The number of rotatable bonds is 5. The van der Waals surface area contributed by atoms with Gasteiger partial charge in [0.15, 0.2) is 0 Å². The molecule has 110 valence electrons. The number of para-hydroxylation sites is 1. The zero-order valence-corrected chi connectivity index (χ0v) is 12.2. The van der Waals surface area contributed by atoms with Crippen molar-refractivity contribution in [2.45, 2.75) is 25.9 Å². The van der Waals surface area contributed by atoms with Gasteiger partial charge in [0, 0.05) is 25.0 Å². The molecule has 0 saturated carbocycles. The predicted molar refractivity (Wildman–Crippen MR) is 84.0 cm³/mol. The first-order chi connectivity index (χ1) is 10.3. The minimum absolute atomic E-state index is 0.299. The Hall–Kier alpha value is -2.14. The van der Waals surface area contributed by atoms with E-state index in [9.17, 15) is 0 Å². The lowest BCUT2D eigenvalue weighted by Crippen LogP contribution is -2.19. The SMILES string of the molecule is Cc1ccccc1Nc1nccc(NCC2CCCO2)n1. The van der Waals surface area contributed by atoms with Gasteiger partial charge in [0.05, 0.1) is 6.10 Å². The van der Waals surface area contributed by atoms with Crippen molar-refractivity contribution in [2.24, 2.45) is 0 Å². The Bertz CT molecular complexity index is 596. The second kappa shape index (κ2) is 6.54. The van der Waals surface area contributed by atoms with Crippen molar-refractivity contribution in [2.75, 3.05) is 23.8 Å². The molecule has 0 aliphatic carbocycles. The van der Waals surface area contributed by atoms with Gasteiger partial charge in [0.2, 0.25) is 5.95 Å². The van der Waals surface area contributed by atoms with Crippen LogP contribution in [0.25, 0.3) is 0 Å². The fourth-order valence-corrected chi connectivity index (χ4v) is 2.37. The zero-order chi connectivity index (χ0) is 14.5. The fourth-order valence-electron chi connectivity index (χ4n) is 2.37. The largest absolute Gasteiger partial charge is 0.376 e. The van der Waals surface area contributed by atoms with Crippen molar-refractivity contribution >= 4 is 17.5 Å². The van der Waals surface area contributed by atoms with E-state index in [4.69, 9.17) is 4.74 Å². The van der Waals surface area contributed by atoms with Gasteiger partial charge in [-0.05, 0) is 37.5 Å². The highest BCUT2D eigenvalue weighted by Crippen LogP contribution is 2.18. The maximum atomic E-state index is 5.59. The number of hydrogen-bond acceptors (Lipinski definition) is 5.